The Morgan fingerprint density at radius 2 is 1.93 bits per heavy atom. The van der Waals surface area contributed by atoms with Crippen LogP contribution in [0.5, 0.6) is 0 Å². The van der Waals surface area contributed by atoms with Crippen molar-refractivity contribution in [2.24, 2.45) is 0 Å². The number of ether oxygens (including phenoxy) is 1. The molecule has 80 valence electrons. The van der Waals surface area contributed by atoms with E-state index in [0.29, 0.717) is 19.4 Å². The molecule has 3 nitrogen and oxygen atoms in total. The number of Topliss-reactive ketones (excluding diaryl/α,β-unsaturated/α-hetero) is 1. The van der Waals surface area contributed by atoms with E-state index in [1.165, 1.54) is 13.0 Å². The molecular weight excluding hydrogens is 180 g/mol. The van der Waals surface area contributed by atoms with E-state index in [9.17, 15) is 9.59 Å². The maximum Gasteiger partial charge on any atom is 0.155 e. The molecule has 0 saturated heterocycles. The number of ketones is 2. The van der Waals surface area contributed by atoms with Crippen molar-refractivity contribution in [3.05, 3.63) is 12.2 Å². The first-order valence-electron chi connectivity index (χ1n) is 4.82. The largest absolute Gasteiger partial charge is 0.375 e. The third kappa shape index (κ3) is 9.13. The second kappa shape index (κ2) is 7.44. The number of rotatable bonds is 7. The van der Waals surface area contributed by atoms with Crippen LogP contribution in [0.3, 0.4) is 0 Å². The molecule has 0 heterocycles. The lowest BCUT2D eigenvalue weighted by molar-refractivity contribution is -0.120. The van der Waals surface area contributed by atoms with Gasteiger partial charge in [0.15, 0.2) is 5.78 Å². The Morgan fingerprint density at radius 1 is 1.29 bits per heavy atom. The Morgan fingerprint density at radius 3 is 2.43 bits per heavy atom. The quantitative estimate of drug-likeness (QED) is 0.587. The Labute approximate surface area is 85.1 Å². The lowest BCUT2D eigenvalue weighted by Crippen LogP contribution is -2.02. The summed E-state index contributed by atoms with van der Waals surface area (Å²) in [4.78, 5) is 21.7. The van der Waals surface area contributed by atoms with Crippen molar-refractivity contribution in [3.8, 4) is 0 Å². The first kappa shape index (κ1) is 13.0. The highest BCUT2D eigenvalue weighted by molar-refractivity contribution is 5.92. The van der Waals surface area contributed by atoms with Crippen LogP contribution in [0.2, 0.25) is 0 Å². The molecular formula is C11H18O3. The van der Waals surface area contributed by atoms with Gasteiger partial charge < -0.3 is 9.53 Å². The zero-order valence-corrected chi connectivity index (χ0v) is 9.08. The van der Waals surface area contributed by atoms with Gasteiger partial charge in [-0.25, -0.2) is 0 Å². The van der Waals surface area contributed by atoms with Gasteiger partial charge in [0.25, 0.3) is 0 Å². The van der Waals surface area contributed by atoms with E-state index in [2.05, 4.69) is 0 Å². The summed E-state index contributed by atoms with van der Waals surface area (Å²) in [5.74, 6) is 0.0257. The van der Waals surface area contributed by atoms with Crippen LogP contribution in [0.25, 0.3) is 0 Å². The minimum atomic E-state index is -0.0208. The third-order valence-corrected chi connectivity index (χ3v) is 1.55. The number of hydrogen-bond donors (Lipinski definition) is 0. The van der Waals surface area contributed by atoms with E-state index >= 15 is 0 Å². The summed E-state index contributed by atoms with van der Waals surface area (Å²) in [6.07, 6.45) is 3.96. The SMILES string of the molecule is CC(=O)CCC(=O)/C=C/COC(C)C. The molecule has 0 aromatic carbocycles. The standard InChI is InChI=1S/C11H18O3/c1-9(2)14-8-4-5-11(13)7-6-10(3)12/h4-5,9H,6-8H2,1-3H3/b5-4+. The summed E-state index contributed by atoms with van der Waals surface area (Å²) >= 11 is 0. The lowest BCUT2D eigenvalue weighted by Gasteiger charge is -2.02. The summed E-state index contributed by atoms with van der Waals surface area (Å²) in [5, 5.41) is 0. The fourth-order valence-electron chi connectivity index (χ4n) is 0.810. The summed E-state index contributed by atoms with van der Waals surface area (Å²) in [5.41, 5.74) is 0. The first-order chi connectivity index (χ1) is 6.52. The summed E-state index contributed by atoms with van der Waals surface area (Å²) in [6.45, 7) is 5.80. The number of hydrogen-bond acceptors (Lipinski definition) is 3. The molecule has 0 rings (SSSR count). The van der Waals surface area contributed by atoms with Crippen molar-refractivity contribution in [1.82, 2.24) is 0 Å². The van der Waals surface area contributed by atoms with E-state index in [4.69, 9.17) is 4.74 Å². The molecule has 0 aliphatic heterocycles. The van der Waals surface area contributed by atoms with Gasteiger partial charge in [0.1, 0.15) is 5.78 Å². The first-order valence-corrected chi connectivity index (χ1v) is 4.82. The van der Waals surface area contributed by atoms with Gasteiger partial charge >= 0.3 is 0 Å². The Kier molecular flexibility index (Phi) is 6.93. The zero-order valence-electron chi connectivity index (χ0n) is 9.08. The molecule has 14 heavy (non-hydrogen) atoms. The number of carbonyl (C=O) groups excluding carboxylic acids is 2. The average molecular weight is 198 g/mol. The van der Waals surface area contributed by atoms with Gasteiger partial charge in [-0.2, -0.15) is 0 Å². The predicted molar refractivity (Wildman–Crippen MR) is 55.2 cm³/mol. The smallest absolute Gasteiger partial charge is 0.155 e. The van der Waals surface area contributed by atoms with E-state index in [1.807, 2.05) is 13.8 Å². The van der Waals surface area contributed by atoms with Crippen LogP contribution in [0, 0.1) is 0 Å². The molecule has 0 spiro atoms. The molecule has 0 atom stereocenters. The van der Waals surface area contributed by atoms with Crippen molar-refractivity contribution >= 4 is 11.6 Å². The van der Waals surface area contributed by atoms with Gasteiger partial charge in [0.2, 0.25) is 0 Å². The maximum absolute atomic E-state index is 11.1. The predicted octanol–water partition coefficient (Wildman–Crippen LogP) is 1.91. The molecule has 0 N–H and O–H groups in total. The second-order valence-electron chi connectivity index (χ2n) is 3.45. The Bertz CT molecular complexity index is 217. The molecule has 0 bridgehead atoms. The van der Waals surface area contributed by atoms with E-state index in [-0.39, 0.29) is 17.7 Å². The highest BCUT2D eigenvalue weighted by Crippen LogP contribution is 1.94. The molecule has 0 aromatic heterocycles. The average Bonchev–Trinajstić information content (AvgIpc) is 2.08. The van der Waals surface area contributed by atoms with Crippen LogP contribution in [0.4, 0.5) is 0 Å². The van der Waals surface area contributed by atoms with Crippen LogP contribution < -0.4 is 0 Å². The monoisotopic (exact) mass is 198 g/mol. The highest BCUT2D eigenvalue weighted by Gasteiger charge is 1.99. The highest BCUT2D eigenvalue weighted by atomic mass is 16.5. The van der Waals surface area contributed by atoms with E-state index in [0.717, 1.165) is 0 Å². The minimum absolute atomic E-state index is 0.0208. The number of allylic oxidation sites excluding steroid dienone is 1. The second-order valence-corrected chi connectivity index (χ2v) is 3.45. The van der Waals surface area contributed by atoms with Crippen molar-refractivity contribution in [2.75, 3.05) is 6.61 Å². The normalized spacial score (nSPS) is 11.1. The van der Waals surface area contributed by atoms with Gasteiger partial charge in [-0.1, -0.05) is 6.08 Å². The van der Waals surface area contributed by atoms with Crippen LogP contribution in [-0.4, -0.2) is 24.3 Å². The molecule has 3 heteroatoms. The van der Waals surface area contributed by atoms with E-state index < -0.39 is 0 Å². The fraction of sp³-hybridized carbons (Fsp3) is 0.636. The molecule has 0 fully saturated rings. The summed E-state index contributed by atoms with van der Waals surface area (Å²) in [7, 11) is 0. The van der Waals surface area contributed by atoms with Gasteiger partial charge in [-0.15, -0.1) is 0 Å². The molecule has 0 unspecified atom stereocenters. The van der Waals surface area contributed by atoms with Crippen molar-refractivity contribution < 1.29 is 14.3 Å². The summed E-state index contributed by atoms with van der Waals surface area (Å²) < 4.78 is 5.21. The van der Waals surface area contributed by atoms with Gasteiger partial charge in [-0.3, -0.25) is 4.79 Å². The zero-order chi connectivity index (χ0) is 11.0. The molecule has 0 saturated carbocycles. The molecule has 0 aromatic rings. The number of carbonyl (C=O) groups is 2. The minimum Gasteiger partial charge on any atom is -0.375 e. The van der Waals surface area contributed by atoms with Gasteiger partial charge in [-0.05, 0) is 26.8 Å². The molecule has 0 radical (unpaired) electrons. The summed E-state index contributed by atoms with van der Waals surface area (Å²) in [6, 6.07) is 0. The lowest BCUT2D eigenvalue weighted by atomic mass is 10.1. The van der Waals surface area contributed by atoms with Crippen LogP contribution in [-0.2, 0) is 14.3 Å². The molecule has 0 aliphatic rings. The molecule has 0 amide bonds. The Hall–Kier alpha value is -0.960. The van der Waals surface area contributed by atoms with Crippen molar-refractivity contribution in [1.29, 1.82) is 0 Å². The third-order valence-electron chi connectivity index (χ3n) is 1.55. The van der Waals surface area contributed by atoms with Crippen LogP contribution in [0.1, 0.15) is 33.6 Å². The van der Waals surface area contributed by atoms with Crippen molar-refractivity contribution in [2.45, 2.75) is 39.7 Å². The topological polar surface area (TPSA) is 43.4 Å². The van der Waals surface area contributed by atoms with Crippen molar-refractivity contribution in [3.63, 3.8) is 0 Å². The maximum atomic E-state index is 11.1. The molecule has 0 aliphatic carbocycles. The van der Waals surface area contributed by atoms with Gasteiger partial charge in [0, 0.05) is 12.8 Å². The van der Waals surface area contributed by atoms with E-state index in [1.54, 1.807) is 6.08 Å². The van der Waals surface area contributed by atoms with Crippen LogP contribution in [0.15, 0.2) is 12.2 Å². The fourth-order valence-corrected chi connectivity index (χ4v) is 0.810. The van der Waals surface area contributed by atoms with Crippen LogP contribution >= 0.6 is 0 Å². The Balaban J connectivity index is 3.56. The van der Waals surface area contributed by atoms with Gasteiger partial charge in [0.05, 0.1) is 12.7 Å².